The summed E-state index contributed by atoms with van der Waals surface area (Å²) >= 11 is 3.52. The molecule has 3 aliphatic rings. The Hall–Kier alpha value is -2.73. The van der Waals surface area contributed by atoms with Gasteiger partial charge in [0, 0.05) is 11.5 Å². The van der Waals surface area contributed by atoms with E-state index in [2.05, 4.69) is 32.7 Å². The molecule has 1 amide bonds. The van der Waals surface area contributed by atoms with Gasteiger partial charge in [0.25, 0.3) is 5.91 Å². The number of hydrogen-bond acceptors (Lipinski definition) is 6. The molecule has 7 nitrogen and oxygen atoms in total. The number of methoxy groups -OCH3 is 1. The van der Waals surface area contributed by atoms with Crippen molar-refractivity contribution in [1.82, 2.24) is 5.01 Å². The number of amidine groups is 2. The summed E-state index contributed by atoms with van der Waals surface area (Å²) in [5.74, 6) is 0.501. The Morgan fingerprint density at radius 2 is 2.03 bits per heavy atom. The summed E-state index contributed by atoms with van der Waals surface area (Å²) in [6, 6.07) is 9.99. The van der Waals surface area contributed by atoms with Gasteiger partial charge in [-0.15, -0.1) is 0 Å². The fourth-order valence-electron chi connectivity index (χ4n) is 4.42. The molecule has 0 unspecified atom stereocenters. The third-order valence-corrected chi connectivity index (χ3v) is 8.19. The predicted molar refractivity (Wildman–Crippen MR) is 148 cm³/mol. The van der Waals surface area contributed by atoms with Gasteiger partial charge in [0.05, 0.1) is 16.3 Å². The zero-order valence-corrected chi connectivity index (χ0v) is 22.6. The molecule has 0 saturated heterocycles. The van der Waals surface area contributed by atoms with Crippen LogP contribution >= 0.6 is 34.4 Å². The SMILES string of the molecule is COc1cc(/C=C2/C(=N)N3N=C(C4CCCCC4)SC3=NC2=O)cc(I)c1OCc1ccccc1F. The first-order chi connectivity index (χ1) is 17.4. The number of carbonyl (C=O) groups is 1. The van der Waals surface area contributed by atoms with Crippen LogP contribution < -0.4 is 9.47 Å². The monoisotopic (exact) mass is 618 g/mol. The van der Waals surface area contributed by atoms with Gasteiger partial charge in [0.1, 0.15) is 17.5 Å². The van der Waals surface area contributed by atoms with Gasteiger partial charge in [-0.3, -0.25) is 10.2 Å². The molecule has 2 aromatic carbocycles. The maximum Gasteiger partial charge on any atom is 0.283 e. The molecule has 186 valence electrons. The van der Waals surface area contributed by atoms with Crippen molar-refractivity contribution in [1.29, 1.82) is 5.41 Å². The Bertz CT molecular complexity index is 1320. The zero-order chi connectivity index (χ0) is 25.2. The van der Waals surface area contributed by atoms with Gasteiger partial charge in [-0.2, -0.15) is 15.1 Å². The third kappa shape index (κ3) is 5.06. The molecule has 1 saturated carbocycles. The highest BCUT2D eigenvalue weighted by Crippen LogP contribution is 2.38. The average molecular weight is 618 g/mol. The molecule has 1 N–H and O–H groups in total. The molecular weight excluding hydrogens is 594 g/mol. The topological polar surface area (TPSA) is 87.3 Å². The van der Waals surface area contributed by atoms with E-state index in [9.17, 15) is 9.18 Å². The van der Waals surface area contributed by atoms with E-state index in [4.69, 9.17) is 14.9 Å². The highest BCUT2D eigenvalue weighted by Gasteiger charge is 2.38. The van der Waals surface area contributed by atoms with Crippen molar-refractivity contribution in [2.24, 2.45) is 16.0 Å². The summed E-state index contributed by atoms with van der Waals surface area (Å²) in [6.45, 7) is 0.0497. The van der Waals surface area contributed by atoms with Crippen LogP contribution in [0.3, 0.4) is 0 Å². The predicted octanol–water partition coefficient (Wildman–Crippen LogP) is 6.22. The lowest BCUT2D eigenvalue weighted by atomic mass is 9.90. The van der Waals surface area contributed by atoms with Gasteiger partial charge in [0.15, 0.2) is 17.3 Å². The van der Waals surface area contributed by atoms with Crippen LogP contribution in [0.25, 0.3) is 6.08 Å². The largest absolute Gasteiger partial charge is 0.493 e. The molecule has 1 aliphatic carbocycles. The van der Waals surface area contributed by atoms with Crippen molar-refractivity contribution in [3.05, 3.63) is 62.5 Å². The lowest BCUT2D eigenvalue weighted by Gasteiger charge is -2.20. The normalized spacial score (nSPS) is 19.3. The summed E-state index contributed by atoms with van der Waals surface area (Å²) in [5, 5.41) is 16.2. The van der Waals surface area contributed by atoms with E-state index in [0.29, 0.717) is 33.7 Å². The van der Waals surface area contributed by atoms with Crippen LogP contribution in [0, 0.1) is 20.7 Å². The second-order valence-corrected chi connectivity index (χ2v) is 10.9. The van der Waals surface area contributed by atoms with E-state index >= 15 is 0 Å². The summed E-state index contributed by atoms with van der Waals surface area (Å²) in [4.78, 5) is 17.1. The number of thioether (sulfide) groups is 1. The average Bonchev–Trinajstić information content (AvgIpc) is 3.31. The number of rotatable bonds is 6. The molecule has 36 heavy (non-hydrogen) atoms. The van der Waals surface area contributed by atoms with Crippen LogP contribution in [0.4, 0.5) is 4.39 Å². The van der Waals surface area contributed by atoms with E-state index in [1.54, 1.807) is 30.3 Å². The van der Waals surface area contributed by atoms with E-state index in [1.807, 2.05) is 6.07 Å². The number of hydrogen-bond donors (Lipinski definition) is 1. The molecule has 0 radical (unpaired) electrons. The maximum atomic E-state index is 14.0. The fraction of sp³-hybridized carbons (Fsp3) is 0.308. The number of ether oxygens (including phenoxy) is 2. The fourth-order valence-corrected chi connectivity index (χ4v) is 6.26. The molecular formula is C26H24FIN4O3S. The van der Waals surface area contributed by atoms with Crippen LogP contribution in [-0.2, 0) is 11.4 Å². The number of nitrogens with zero attached hydrogens (tertiary/aromatic N) is 3. The van der Waals surface area contributed by atoms with Crippen LogP contribution in [0.1, 0.15) is 43.2 Å². The number of nitrogens with one attached hydrogen (secondary N) is 1. The van der Waals surface area contributed by atoms with Gasteiger partial charge in [0.2, 0.25) is 5.17 Å². The lowest BCUT2D eigenvalue weighted by Crippen LogP contribution is -2.35. The Labute approximate surface area is 226 Å². The zero-order valence-electron chi connectivity index (χ0n) is 19.6. The van der Waals surface area contributed by atoms with Crippen molar-refractivity contribution in [2.45, 2.75) is 38.7 Å². The van der Waals surface area contributed by atoms with Crippen molar-refractivity contribution in [2.75, 3.05) is 7.11 Å². The minimum Gasteiger partial charge on any atom is -0.493 e. The summed E-state index contributed by atoms with van der Waals surface area (Å²) in [6.07, 6.45) is 7.39. The number of benzene rings is 2. The Morgan fingerprint density at radius 1 is 1.25 bits per heavy atom. The molecule has 0 spiro atoms. The molecule has 10 heteroatoms. The summed E-state index contributed by atoms with van der Waals surface area (Å²) in [5.41, 5.74) is 1.25. The van der Waals surface area contributed by atoms with Crippen molar-refractivity contribution in [3.63, 3.8) is 0 Å². The smallest absolute Gasteiger partial charge is 0.283 e. The maximum absolute atomic E-state index is 14.0. The van der Waals surface area contributed by atoms with Crippen molar-refractivity contribution < 1.29 is 18.7 Å². The molecule has 2 heterocycles. The minimum absolute atomic E-state index is 0.0113. The van der Waals surface area contributed by atoms with Gasteiger partial charge < -0.3 is 9.47 Å². The van der Waals surface area contributed by atoms with Crippen LogP contribution in [0.5, 0.6) is 11.5 Å². The van der Waals surface area contributed by atoms with Crippen molar-refractivity contribution in [3.8, 4) is 11.5 Å². The van der Waals surface area contributed by atoms with E-state index in [0.717, 1.165) is 21.5 Å². The number of aliphatic imine (C=N–C) groups is 1. The molecule has 0 bridgehead atoms. The lowest BCUT2D eigenvalue weighted by molar-refractivity contribution is -0.114. The highest BCUT2D eigenvalue weighted by atomic mass is 127. The Balaban J connectivity index is 1.39. The standard InChI is InChI=1S/C26H24FIN4O3S/c1-34-21-13-15(12-20(28)22(21)35-14-17-9-5-6-10-19(17)27)11-18-23(29)32-26(30-24(18)33)36-25(31-32)16-7-3-2-4-8-16/h5-6,9-13,16,29H,2-4,7-8,14H2,1H3/b18-11-,29-23?. The number of halogens is 2. The second kappa shape index (κ2) is 10.7. The van der Waals surface area contributed by atoms with Crippen LogP contribution in [0.2, 0.25) is 0 Å². The van der Waals surface area contributed by atoms with Gasteiger partial charge in [-0.1, -0.05) is 37.5 Å². The third-order valence-electron chi connectivity index (χ3n) is 6.32. The van der Waals surface area contributed by atoms with Gasteiger partial charge in [-0.25, -0.2) is 4.39 Å². The summed E-state index contributed by atoms with van der Waals surface area (Å²) in [7, 11) is 1.52. The number of hydrazone groups is 1. The molecule has 2 aromatic rings. The first kappa shape index (κ1) is 24.9. The second-order valence-electron chi connectivity index (χ2n) is 8.71. The highest BCUT2D eigenvalue weighted by molar-refractivity contribution is 14.1. The Kier molecular flexibility index (Phi) is 7.42. The quantitative estimate of drug-likeness (QED) is 0.307. The minimum atomic E-state index is -0.465. The van der Waals surface area contributed by atoms with Crippen LogP contribution in [0.15, 0.2) is 52.1 Å². The molecule has 2 aliphatic heterocycles. The van der Waals surface area contributed by atoms with E-state index < -0.39 is 5.91 Å². The molecule has 0 aromatic heterocycles. The first-order valence-corrected chi connectivity index (χ1v) is 13.6. The number of carbonyl (C=O) groups excluding carboxylic acids is 1. The van der Waals surface area contributed by atoms with Gasteiger partial charge in [-0.05, 0) is 77.0 Å². The Morgan fingerprint density at radius 3 is 2.78 bits per heavy atom. The first-order valence-electron chi connectivity index (χ1n) is 11.7. The molecule has 1 fully saturated rings. The van der Waals surface area contributed by atoms with E-state index in [1.165, 1.54) is 49.2 Å². The van der Waals surface area contributed by atoms with Crippen LogP contribution in [-0.4, -0.2) is 34.1 Å². The summed E-state index contributed by atoms with van der Waals surface area (Å²) < 4.78 is 26.1. The van der Waals surface area contributed by atoms with Crippen molar-refractivity contribution >= 4 is 62.4 Å². The number of fused-ring (bicyclic) bond motifs is 1. The van der Waals surface area contributed by atoms with E-state index in [-0.39, 0.29) is 23.8 Å². The molecule has 0 atom stereocenters. The molecule has 5 rings (SSSR count). The van der Waals surface area contributed by atoms with Gasteiger partial charge >= 0.3 is 0 Å². The number of amides is 1.